The Labute approximate surface area is 178 Å². The summed E-state index contributed by atoms with van der Waals surface area (Å²) in [6.07, 6.45) is 7.72. The minimum absolute atomic E-state index is 0.115. The lowest BCUT2D eigenvalue weighted by molar-refractivity contribution is -0.119. The molecule has 7 nitrogen and oxygen atoms in total. The first-order chi connectivity index (χ1) is 14.6. The smallest absolute Gasteiger partial charge is 0.325 e. The molecule has 2 N–H and O–H groups in total. The largest absolute Gasteiger partial charge is 0.379 e. The lowest BCUT2D eigenvalue weighted by Crippen LogP contribution is -2.47. The molecule has 1 aromatic rings. The van der Waals surface area contributed by atoms with Crippen molar-refractivity contribution >= 4 is 17.6 Å². The van der Waals surface area contributed by atoms with Crippen molar-refractivity contribution in [3.8, 4) is 0 Å². The van der Waals surface area contributed by atoms with Crippen LogP contribution in [0.2, 0.25) is 0 Å². The van der Waals surface area contributed by atoms with Crippen LogP contribution < -0.4 is 10.6 Å². The predicted octanol–water partition coefficient (Wildman–Crippen LogP) is 1.90. The number of carbonyl (C=O) groups excluding carboxylic acids is 2. The molecule has 0 aromatic heterocycles. The van der Waals surface area contributed by atoms with E-state index in [9.17, 15) is 9.59 Å². The Balaban J connectivity index is 1.33. The molecule has 1 saturated carbocycles. The van der Waals surface area contributed by atoms with Gasteiger partial charge >= 0.3 is 6.03 Å². The van der Waals surface area contributed by atoms with Gasteiger partial charge in [-0.05, 0) is 61.8 Å². The molecule has 5 rings (SSSR count). The molecular formula is C23H31N4O3. The van der Waals surface area contributed by atoms with Gasteiger partial charge in [-0.1, -0.05) is 18.6 Å². The fourth-order valence-corrected chi connectivity index (χ4v) is 5.62. The highest BCUT2D eigenvalue weighted by Crippen LogP contribution is 2.47. The summed E-state index contributed by atoms with van der Waals surface area (Å²) < 4.78 is 5.47. The number of hydrogen-bond donors (Lipinski definition) is 1. The highest BCUT2D eigenvalue weighted by Gasteiger charge is 2.51. The van der Waals surface area contributed by atoms with Gasteiger partial charge in [0, 0.05) is 25.3 Å². The molecule has 1 aliphatic carbocycles. The van der Waals surface area contributed by atoms with E-state index in [1.807, 2.05) is 18.6 Å². The Morgan fingerprint density at radius 2 is 1.87 bits per heavy atom. The van der Waals surface area contributed by atoms with Crippen molar-refractivity contribution in [2.45, 2.75) is 49.6 Å². The first-order valence-corrected chi connectivity index (χ1v) is 11.2. The second-order valence-corrected chi connectivity index (χ2v) is 9.09. The molecule has 30 heavy (non-hydrogen) atoms. The van der Waals surface area contributed by atoms with Crippen LogP contribution in [-0.2, 0) is 14.9 Å². The SMILES string of the molecule is NC(=O)C1[C@H]2[CH]CCN2C(=O)N1c1ccc(C2(CCN3CCOCC3)CCC2)cc1. The Bertz CT molecular complexity index is 801. The van der Waals surface area contributed by atoms with Crippen molar-refractivity contribution in [2.75, 3.05) is 44.3 Å². The average Bonchev–Trinajstić information content (AvgIpc) is 3.30. The minimum Gasteiger partial charge on any atom is -0.379 e. The van der Waals surface area contributed by atoms with Crippen molar-refractivity contribution in [1.29, 1.82) is 0 Å². The number of urea groups is 1. The van der Waals surface area contributed by atoms with Gasteiger partial charge in [0.15, 0.2) is 0 Å². The summed E-state index contributed by atoms with van der Waals surface area (Å²) in [7, 11) is 0. The predicted molar refractivity (Wildman–Crippen MR) is 114 cm³/mol. The number of amides is 3. The topological polar surface area (TPSA) is 79.1 Å². The van der Waals surface area contributed by atoms with Crippen LogP contribution in [0.15, 0.2) is 24.3 Å². The summed E-state index contributed by atoms with van der Waals surface area (Å²) in [5.41, 5.74) is 8.04. The molecule has 3 heterocycles. The zero-order chi connectivity index (χ0) is 20.7. The first kappa shape index (κ1) is 19.8. The maximum atomic E-state index is 12.9. The highest BCUT2D eigenvalue weighted by molar-refractivity contribution is 6.04. The van der Waals surface area contributed by atoms with E-state index in [0.717, 1.165) is 51.4 Å². The van der Waals surface area contributed by atoms with Gasteiger partial charge in [0.1, 0.15) is 6.04 Å². The van der Waals surface area contributed by atoms with Crippen molar-refractivity contribution in [3.63, 3.8) is 0 Å². The maximum Gasteiger partial charge on any atom is 0.325 e. The number of benzene rings is 1. The van der Waals surface area contributed by atoms with E-state index in [1.54, 1.807) is 9.80 Å². The molecule has 2 atom stereocenters. The zero-order valence-electron chi connectivity index (χ0n) is 17.5. The summed E-state index contributed by atoms with van der Waals surface area (Å²) in [5, 5.41) is 0. The number of rotatable bonds is 6. The quantitative estimate of drug-likeness (QED) is 0.776. The number of nitrogens with two attached hydrogens (primary N) is 1. The molecule has 1 aromatic carbocycles. The number of anilines is 1. The van der Waals surface area contributed by atoms with Crippen molar-refractivity contribution in [3.05, 3.63) is 36.2 Å². The Kier molecular flexibility index (Phi) is 5.19. The van der Waals surface area contributed by atoms with Crippen molar-refractivity contribution in [1.82, 2.24) is 9.80 Å². The van der Waals surface area contributed by atoms with E-state index in [1.165, 1.54) is 24.8 Å². The summed E-state index contributed by atoms with van der Waals surface area (Å²) in [6, 6.07) is 7.38. The maximum absolute atomic E-state index is 12.9. The van der Waals surface area contributed by atoms with Crippen LogP contribution >= 0.6 is 0 Å². The van der Waals surface area contributed by atoms with Crippen LogP contribution in [0.25, 0.3) is 0 Å². The fourth-order valence-electron chi connectivity index (χ4n) is 5.62. The normalized spacial score (nSPS) is 28.5. The standard InChI is InChI=1S/C23H31N4O3/c24-21(28)20-19-3-1-11-26(19)22(29)27(20)18-6-4-17(5-7-18)23(8-2-9-23)10-12-25-13-15-30-16-14-25/h3-7,19-20H,1-2,8-16H2,(H2,24,28)/t19-,20?/m1/s1. The molecule has 0 bridgehead atoms. The Morgan fingerprint density at radius 3 is 2.50 bits per heavy atom. The molecule has 1 radical (unpaired) electrons. The summed E-state index contributed by atoms with van der Waals surface area (Å²) in [6.45, 7) is 5.48. The van der Waals surface area contributed by atoms with E-state index in [-0.39, 0.29) is 17.5 Å². The van der Waals surface area contributed by atoms with Gasteiger partial charge in [-0.2, -0.15) is 0 Å². The number of nitrogens with zero attached hydrogens (tertiary/aromatic N) is 3. The third-order valence-corrected chi connectivity index (χ3v) is 7.56. The average molecular weight is 412 g/mol. The first-order valence-electron chi connectivity index (χ1n) is 11.2. The Morgan fingerprint density at radius 1 is 1.13 bits per heavy atom. The number of fused-ring (bicyclic) bond motifs is 1. The lowest BCUT2D eigenvalue weighted by atomic mass is 9.62. The van der Waals surface area contributed by atoms with Crippen LogP contribution in [0.1, 0.15) is 37.7 Å². The van der Waals surface area contributed by atoms with Gasteiger partial charge in [0.25, 0.3) is 0 Å². The third kappa shape index (κ3) is 3.28. The van der Waals surface area contributed by atoms with Crippen LogP contribution in [-0.4, -0.2) is 73.2 Å². The number of ether oxygens (including phenoxy) is 1. The highest BCUT2D eigenvalue weighted by atomic mass is 16.5. The van der Waals surface area contributed by atoms with E-state index in [4.69, 9.17) is 10.5 Å². The van der Waals surface area contributed by atoms with E-state index in [2.05, 4.69) is 17.0 Å². The van der Waals surface area contributed by atoms with Crippen LogP contribution in [0.5, 0.6) is 0 Å². The van der Waals surface area contributed by atoms with Crippen molar-refractivity contribution < 1.29 is 14.3 Å². The van der Waals surface area contributed by atoms with Gasteiger partial charge in [0.05, 0.1) is 19.3 Å². The lowest BCUT2D eigenvalue weighted by Gasteiger charge is -2.44. The van der Waals surface area contributed by atoms with Gasteiger partial charge in [-0.25, -0.2) is 4.79 Å². The number of morpholine rings is 1. The molecular weight excluding hydrogens is 380 g/mol. The van der Waals surface area contributed by atoms with Crippen molar-refractivity contribution in [2.24, 2.45) is 5.73 Å². The molecule has 3 aliphatic heterocycles. The zero-order valence-corrected chi connectivity index (χ0v) is 17.5. The number of carbonyl (C=O) groups is 2. The summed E-state index contributed by atoms with van der Waals surface area (Å²) in [5.74, 6) is -0.445. The molecule has 0 spiro atoms. The molecule has 3 saturated heterocycles. The second-order valence-electron chi connectivity index (χ2n) is 9.09. The van der Waals surface area contributed by atoms with Crippen LogP contribution in [0.4, 0.5) is 10.5 Å². The molecule has 4 aliphatic rings. The third-order valence-electron chi connectivity index (χ3n) is 7.56. The van der Waals surface area contributed by atoms with Gasteiger partial charge < -0.3 is 15.4 Å². The van der Waals surface area contributed by atoms with Gasteiger partial charge in [0.2, 0.25) is 5.91 Å². The molecule has 4 fully saturated rings. The molecule has 161 valence electrons. The van der Waals surface area contributed by atoms with Crippen LogP contribution in [0, 0.1) is 6.42 Å². The second kappa shape index (κ2) is 7.85. The summed E-state index contributed by atoms with van der Waals surface area (Å²) >= 11 is 0. The van der Waals surface area contributed by atoms with E-state index >= 15 is 0 Å². The molecule has 7 heteroatoms. The van der Waals surface area contributed by atoms with E-state index in [0.29, 0.717) is 6.54 Å². The monoisotopic (exact) mass is 411 g/mol. The van der Waals surface area contributed by atoms with E-state index < -0.39 is 11.9 Å². The number of primary amides is 1. The summed E-state index contributed by atoms with van der Waals surface area (Å²) in [4.78, 5) is 31.0. The number of hydrogen-bond acceptors (Lipinski definition) is 4. The molecule has 3 amide bonds. The Hall–Kier alpha value is -2.12. The minimum atomic E-state index is -0.621. The van der Waals surface area contributed by atoms with Crippen LogP contribution in [0.3, 0.4) is 0 Å². The van der Waals surface area contributed by atoms with Gasteiger partial charge in [-0.3, -0.25) is 14.6 Å². The fraction of sp³-hybridized carbons (Fsp3) is 0.609. The molecule has 1 unspecified atom stereocenters. The van der Waals surface area contributed by atoms with Gasteiger partial charge in [-0.15, -0.1) is 0 Å².